The SMILES string of the molecule is CCC[C@@H]1N[C@@H](C(C)CC)C(CC)(CC)O1. The third-order valence-electron chi connectivity index (χ3n) is 4.27. The maximum atomic E-state index is 6.31. The number of nitrogens with one attached hydrogen (secondary N) is 1. The second kappa shape index (κ2) is 6.02. The minimum atomic E-state index is 0.0786. The summed E-state index contributed by atoms with van der Waals surface area (Å²) in [5.74, 6) is 0.696. The van der Waals surface area contributed by atoms with Gasteiger partial charge in [-0.25, -0.2) is 0 Å². The molecule has 1 N–H and O–H groups in total. The van der Waals surface area contributed by atoms with Crippen molar-refractivity contribution in [1.29, 1.82) is 0 Å². The van der Waals surface area contributed by atoms with E-state index in [0.29, 0.717) is 12.0 Å². The quantitative estimate of drug-likeness (QED) is 0.747. The molecule has 1 heterocycles. The van der Waals surface area contributed by atoms with E-state index in [0.717, 1.165) is 19.3 Å². The number of rotatable bonds is 6. The van der Waals surface area contributed by atoms with E-state index in [-0.39, 0.29) is 11.8 Å². The maximum Gasteiger partial charge on any atom is 0.109 e. The summed E-state index contributed by atoms with van der Waals surface area (Å²) in [5.41, 5.74) is 0.0786. The van der Waals surface area contributed by atoms with E-state index >= 15 is 0 Å². The lowest BCUT2D eigenvalue weighted by molar-refractivity contribution is -0.0610. The van der Waals surface area contributed by atoms with Crippen LogP contribution in [0.1, 0.15) is 66.7 Å². The summed E-state index contributed by atoms with van der Waals surface area (Å²) in [6.07, 6.45) is 6.06. The molecule has 1 unspecified atom stereocenters. The van der Waals surface area contributed by atoms with Crippen molar-refractivity contribution in [2.75, 3.05) is 0 Å². The average Bonchev–Trinajstić information content (AvgIpc) is 2.68. The topological polar surface area (TPSA) is 21.3 Å². The molecule has 2 nitrogen and oxygen atoms in total. The van der Waals surface area contributed by atoms with Gasteiger partial charge in [-0.15, -0.1) is 0 Å². The van der Waals surface area contributed by atoms with Gasteiger partial charge in [-0.05, 0) is 25.2 Å². The molecule has 3 atom stereocenters. The van der Waals surface area contributed by atoms with Crippen LogP contribution in [0.5, 0.6) is 0 Å². The van der Waals surface area contributed by atoms with Crippen LogP contribution in [0.3, 0.4) is 0 Å². The Kier molecular flexibility index (Phi) is 5.26. The van der Waals surface area contributed by atoms with Crippen LogP contribution in [0.2, 0.25) is 0 Å². The zero-order valence-corrected chi connectivity index (χ0v) is 11.7. The third kappa shape index (κ3) is 2.60. The molecule has 2 heteroatoms. The summed E-state index contributed by atoms with van der Waals surface area (Å²) in [6.45, 7) is 11.4. The Morgan fingerprint density at radius 3 is 2.25 bits per heavy atom. The Hall–Kier alpha value is -0.0800. The van der Waals surface area contributed by atoms with E-state index in [4.69, 9.17) is 4.74 Å². The molecule has 0 spiro atoms. The van der Waals surface area contributed by atoms with Gasteiger partial charge in [0, 0.05) is 6.04 Å². The fourth-order valence-electron chi connectivity index (χ4n) is 2.92. The number of hydrogen-bond donors (Lipinski definition) is 1. The first kappa shape index (κ1) is 14.0. The lowest BCUT2D eigenvalue weighted by Gasteiger charge is -2.35. The Bertz CT molecular complexity index is 201. The van der Waals surface area contributed by atoms with Gasteiger partial charge in [0.1, 0.15) is 6.23 Å². The number of hydrogen-bond acceptors (Lipinski definition) is 2. The highest BCUT2D eigenvalue weighted by atomic mass is 16.5. The van der Waals surface area contributed by atoms with Crippen LogP contribution in [0.4, 0.5) is 0 Å². The predicted molar refractivity (Wildman–Crippen MR) is 69.5 cm³/mol. The molecule has 96 valence electrons. The highest BCUT2D eigenvalue weighted by Crippen LogP contribution is 2.37. The highest BCUT2D eigenvalue weighted by molar-refractivity contribution is 4.99. The highest BCUT2D eigenvalue weighted by Gasteiger charge is 2.47. The molecule has 1 aliphatic heterocycles. The van der Waals surface area contributed by atoms with Crippen molar-refractivity contribution in [2.24, 2.45) is 5.92 Å². The van der Waals surface area contributed by atoms with Gasteiger partial charge in [0.05, 0.1) is 5.60 Å². The summed E-state index contributed by atoms with van der Waals surface area (Å²) >= 11 is 0. The van der Waals surface area contributed by atoms with Crippen LogP contribution in [0, 0.1) is 5.92 Å². The predicted octanol–water partition coefficient (Wildman–Crippen LogP) is 3.71. The van der Waals surface area contributed by atoms with Gasteiger partial charge >= 0.3 is 0 Å². The van der Waals surface area contributed by atoms with Crippen molar-refractivity contribution in [3.05, 3.63) is 0 Å². The molecule has 0 amide bonds. The molecule has 0 saturated carbocycles. The zero-order valence-electron chi connectivity index (χ0n) is 11.7. The molecule has 0 aromatic carbocycles. The third-order valence-corrected chi connectivity index (χ3v) is 4.27. The molecular formula is C14H29NO. The molecule has 0 aromatic rings. The van der Waals surface area contributed by atoms with Gasteiger partial charge < -0.3 is 4.74 Å². The van der Waals surface area contributed by atoms with Crippen LogP contribution in [-0.4, -0.2) is 17.9 Å². The van der Waals surface area contributed by atoms with Crippen LogP contribution < -0.4 is 5.32 Å². The van der Waals surface area contributed by atoms with E-state index in [9.17, 15) is 0 Å². The second-order valence-electron chi connectivity index (χ2n) is 5.20. The molecule has 16 heavy (non-hydrogen) atoms. The van der Waals surface area contributed by atoms with Crippen molar-refractivity contribution in [2.45, 2.75) is 84.6 Å². The summed E-state index contributed by atoms with van der Waals surface area (Å²) in [7, 11) is 0. The number of ether oxygens (including phenoxy) is 1. The van der Waals surface area contributed by atoms with Crippen molar-refractivity contribution in [3.63, 3.8) is 0 Å². The van der Waals surface area contributed by atoms with Gasteiger partial charge in [-0.2, -0.15) is 0 Å². The zero-order chi connectivity index (χ0) is 12.2. The van der Waals surface area contributed by atoms with Crippen LogP contribution >= 0.6 is 0 Å². The van der Waals surface area contributed by atoms with E-state index < -0.39 is 0 Å². The molecule has 1 rings (SSSR count). The molecule has 1 fully saturated rings. The van der Waals surface area contributed by atoms with E-state index in [1.54, 1.807) is 0 Å². The first-order valence-electron chi connectivity index (χ1n) is 7.07. The van der Waals surface area contributed by atoms with Crippen molar-refractivity contribution >= 4 is 0 Å². The Labute approximate surface area is 101 Å². The maximum absolute atomic E-state index is 6.31. The Balaban J connectivity index is 2.77. The minimum Gasteiger partial charge on any atom is -0.355 e. The smallest absolute Gasteiger partial charge is 0.109 e. The molecule has 1 saturated heterocycles. The fourth-order valence-corrected chi connectivity index (χ4v) is 2.92. The van der Waals surface area contributed by atoms with Crippen LogP contribution in [0.25, 0.3) is 0 Å². The van der Waals surface area contributed by atoms with E-state index in [2.05, 4.69) is 39.9 Å². The lowest BCUT2D eigenvalue weighted by Crippen LogP contribution is -2.47. The molecular weight excluding hydrogens is 198 g/mol. The van der Waals surface area contributed by atoms with Gasteiger partial charge in [-0.3, -0.25) is 5.32 Å². The average molecular weight is 227 g/mol. The molecule has 0 radical (unpaired) electrons. The van der Waals surface area contributed by atoms with Gasteiger partial charge in [0.2, 0.25) is 0 Å². The molecule has 0 aliphatic carbocycles. The molecule has 0 aromatic heterocycles. The first-order valence-corrected chi connectivity index (χ1v) is 7.07. The van der Waals surface area contributed by atoms with Gasteiger partial charge in [-0.1, -0.05) is 47.5 Å². The summed E-state index contributed by atoms with van der Waals surface area (Å²) in [5, 5.41) is 3.71. The minimum absolute atomic E-state index is 0.0786. The lowest BCUT2D eigenvalue weighted by atomic mass is 9.81. The van der Waals surface area contributed by atoms with Crippen molar-refractivity contribution in [3.8, 4) is 0 Å². The van der Waals surface area contributed by atoms with E-state index in [1.165, 1.54) is 12.8 Å². The summed E-state index contributed by atoms with van der Waals surface area (Å²) in [4.78, 5) is 0. The standard InChI is InChI=1S/C14H29NO/c1-6-10-12-15-13(11(5)7-2)14(8-3,9-4)16-12/h11-13,15H,6-10H2,1-5H3/t11?,12-,13+/m1/s1. The largest absolute Gasteiger partial charge is 0.355 e. The van der Waals surface area contributed by atoms with E-state index in [1.807, 2.05) is 0 Å². The van der Waals surface area contributed by atoms with Crippen molar-refractivity contribution < 1.29 is 4.74 Å². The monoisotopic (exact) mass is 227 g/mol. The summed E-state index contributed by atoms with van der Waals surface area (Å²) in [6, 6.07) is 0.532. The normalized spacial score (nSPS) is 30.6. The van der Waals surface area contributed by atoms with Crippen LogP contribution in [-0.2, 0) is 4.74 Å². The molecule has 1 aliphatic rings. The summed E-state index contributed by atoms with van der Waals surface area (Å²) < 4.78 is 6.31. The van der Waals surface area contributed by atoms with Crippen molar-refractivity contribution in [1.82, 2.24) is 5.32 Å². The van der Waals surface area contributed by atoms with Gasteiger partial charge in [0.25, 0.3) is 0 Å². The fraction of sp³-hybridized carbons (Fsp3) is 1.00. The molecule has 0 bridgehead atoms. The Morgan fingerprint density at radius 2 is 1.81 bits per heavy atom. The van der Waals surface area contributed by atoms with Crippen LogP contribution in [0.15, 0.2) is 0 Å². The second-order valence-corrected chi connectivity index (χ2v) is 5.20. The Morgan fingerprint density at radius 1 is 1.19 bits per heavy atom. The van der Waals surface area contributed by atoms with Gasteiger partial charge in [0.15, 0.2) is 0 Å². The first-order chi connectivity index (χ1) is 7.63.